The van der Waals surface area contributed by atoms with Crippen molar-refractivity contribution in [3.8, 4) is 5.75 Å². The van der Waals surface area contributed by atoms with Gasteiger partial charge in [0, 0.05) is 20.0 Å². The Morgan fingerprint density at radius 1 is 1.50 bits per heavy atom. The minimum atomic E-state index is 0.189. The molecule has 1 aromatic rings. The predicted octanol–water partition coefficient (Wildman–Crippen LogP) is 1.58. The minimum Gasteiger partial charge on any atom is -0.486 e. The van der Waals surface area contributed by atoms with Crippen LogP contribution in [-0.4, -0.2) is 38.6 Å². The van der Waals surface area contributed by atoms with E-state index in [9.17, 15) is 0 Å². The highest BCUT2D eigenvalue weighted by Gasteiger charge is 2.25. The minimum absolute atomic E-state index is 0.189. The van der Waals surface area contributed by atoms with E-state index in [0.717, 1.165) is 37.6 Å². The second kappa shape index (κ2) is 4.52. The number of ether oxygens (including phenoxy) is 1. The van der Waals surface area contributed by atoms with E-state index in [-0.39, 0.29) is 6.10 Å². The van der Waals surface area contributed by atoms with Crippen LogP contribution < -0.4 is 15.0 Å². The van der Waals surface area contributed by atoms with Crippen LogP contribution in [0.4, 0.5) is 5.69 Å². The molecule has 96 valence electrons. The van der Waals surface area contributed by atoms with Crippen molar-refractivity contribution in [1.82, 2.24) is 5.32 Å². The molecule has 4 nitrogen and oxygen atoms in total. The van der Waals surface area contributed by atoms with Gasteiger partial charge in [0.1, 0.15) is 17.7 Å². The number of benzene rings is 1. The van der Waals surface area contributed by atoms with Gasteiger partial charge in [-0.2, -0.15) is 0 Å². The lowest BCUT2D eigenvalue weighted by molar-refractivity contribution is 0.203. The first-order valence-electron chi connectivity index (χ1n) is 6.48. The van der Waals surface area contributed by atoms with Crippen LogP contribution in [-0.2, 0) is 0 Å². The number of hydrogen-bond acceptors (Lipinski definition) is 4. The summed E-state index contributed by atoms with van der Waals surface area (Å²) in [4.78, 5) is 6.70. The molecule has 3 rings (SSSR count). The average molecular weight is 245 g/mol. The lowest BCUT2D eigenvalue weighted by atomic mass is 10.1. The predicted molar refractivity (Wildman–Crippen MR) is 73.8 cm³/mol. The van der Waals surface area contributed by atoms with E-state index in [0.29, 0.717) is 0 Å². The fourth-order valence-corrected chi connectivity index (χ4v) is 2.55. The second-order valence-electron chi connectivity index (χ2n) is 5.05. The third-order valence-electron chi connectivity index (χ3n) is 3.46. The van der Waals surface area contributed by atoms with Crippen molar-refractivity contribution in [2.45, 2.75) is 19.4 Å². The Labute approximate surface area is 108 Å². The summed E-state index contributed by atoms with van der Waals surface area (Å²) in [6, 6.07) is 6.34. The summed E-state index contributed by atoms with van der Waals surface area (Å²) in [5.41, 5.74) is 2.46. The number of fused-ring (bicyclic) bond motifs is 1. The lowest BCUT2D eigenvalue weighted by Crippen LogP contribution is -2.40. The molecule has 0 bridgehead atoms. The maximum Gasteiger partial charge on any atom is 0.143 e. The Kier molecular flexibility index (Phi) is 2.86. The number of amidine groups is 1. The van der Waals surface area contributed by atoms with Crippen molar-refractivity contribution in [3.63, 3.8) is 0 Å². The van der Waals surface area contributed by atoms with Gasteiger partial charge in [-0.25, -0.2) is 0 Å². The van der Waals surface area contributed by atoms with Crippen LogP contribution in [0.15, 0.2) is 23.2 Å². The van der Waals surface area contributed by atoms with Crippen molar-refractivity contribution >= 4 is 11.5 Å². The highest BCUT2D eigenvalue weighted by molar-refractivity contribution is 5.84. The first-order chi connectivity index (χ1) is 8.72. The van der Waals surface area contributed by atoms with Gasteiger partial charge in [-0.05, 0) is 24.6 Å². The van der Waals surface area contributed by atoms with Gasteiger partial charge in [0.25, 0.3) is 0 Å². The van der Waals surface area contributed by atoms with Crippen LogP contribution >= 0.6 is 0 Å². The van der Waals surface area contributed by atoms with Crippen LogP contribution in [0.25, 0.3) is 0 Å². The molecule has 0 saturated heterocycles. The van der Waals surface area contributed by atoms with Crippen LogP contribution in [0, 0.1) is 6.92 Å². The molecule has 0 aromatic heterocycles. The van der Waals surface area contributed by atoms with Crippen LogP contribution in [0.5, 0.6) is 5.75 Å². The molecule has 4 heteroatoms. The maximum absolute atomic E-state index is 6.06. The molecule has 2 heterocycles. The number of rotatable bonds is 2. The molecule has 0 fully saturated rings. The highest BCUT2D eigenvalue weighted by atomic mass is 16.5. The molecular formula is C14H19N3O. The van der Waals surface area contributed by atoms with Crippen LogP contribution in [0.2, 0.25) is 0 Å². The van der Waals surface area contributed by atoms with E-state index in [1.54, 1.807) is 0 Å². The summed E-state index contributed by atoms with van der Waals surface area (Å²) in [6.45, 7) is 4.88. The molecule has 0 amide bonds. The molecule has 0 aliphatic carbocycles. The summed E-state index contributed by atoms with van der Waals surface area (Å²) >= 11 is 0. The van der Waals surface area contributed by atoms with E-state index in [1.807, 2.05) is 0 Å². The summed E-state index contributed by atoms with van der Waals surface area (Å²) in [7, 11) is 2.12. The average Bonchev–Trinajstić information content (AvgIpc) is 2.83. The molecule has 2 aliphatic rings. The molecule has 18 heavy (non-hydrogen) atoms. The van der Waals surface area contributed by atoms with Gasteiger partial charge in [0.2, 0.25) is 0 Å². The molecule has 0 saturated carbocycles. The first-order valence-corrected chi connectivity index (χ1v) is 6.48. The van der Waals surface area contributed by atoms with Gasteiger partial charge in [-0.1, -0.05) is 6.07 Å². The number of likely N-dealkylation sites (N-methyl/N-ethyl adjacent to an activating group) is 1. The number of aliphatic imine (C=N–C) groups is 1. The molecule has 0 spiro atoms. The molecule has 0 radical (unpaired) electrons. The van der Waals surface area contributed by atoms with Gasteiger partial charge < -0.3 is 15.0 Å². The van der Waals surface area contributed by atoms with Gasteiger partial charge in [-0.15, -0.1) is 0 Å². The molecule has 1 unspecified atom stereocenters. The van der Waals surface area contributed by atoms with Crippen molar-refractivity contribution in [1.29, 1.82) is 0 Å². The zero-order valence-corrected chi connectivity index (χ0v) is 10.9. The number of nitrogens with zero attached hydrogens (tertiary/aromatic N) is 2. The Morgan fingerprint density at radius 3 is 3.17 bits per heavy atom. The van der Waals surface area contributed by atoms with Crippen molar-refractivity contribution < 1.29 is 4.74 Å². The van der Waals surface area contributed by atoms with Gasteiger partial charge >= 0.3 is 0 Å². The molecule has 1 atom stereocenters. The summed E-state index contributed by atoms with van der Waals surface area (Å²) in [6.07, 6.45) is 1.06. The Balaban J connectivity index is 1.76. The topological polar surface area (TPSA) is 36.9 Å². The zero-order chi connectivity index (χ0) is 12.5. The zero-order valence-electron chi connectivity index (χ0n) is 10.9. The van der Waals surface area contributed by atoms with Gasteiger partial charge in [-0.3, -0.25) is 4.99 Å². The molecular weight excluding hydrogens is 226 g/mol. The molecule has 1 aromatic carbocycles. The summed E-state index contributed by atoms with van der Waals surface area (Å²) in [5, 5.41) is 3.30. The van der Waals surface area contributed by atoms with E-state index in [1.165, 1.54) is 11.3 Å². The smallest absolute Gasteiger partial charge is 0.143 e. The monoisotopic (exact) mass is 245 g/mol. The molecule has 1 N–H and O–H groups in total. The largest absolute Gasteiger partial charge is 0.486 e. The van der Waals surface area contributed by atoms with Crippen LogP contribution in [0.1, 0.15) is 12.0 Å². The van der Waals surface area contributed by atoms with Gasteiger partial charge in [0.05, 0.1) is 18.8 Å². The Morgan fingerprint density at radius 2 is 2.39 bits per heavy atom. The lowest BCUT2D eigenvalue weighted by Gasteiger charge is -2.34. The van der Waals surface area contributed by atoms with Crippen molar-refractivity contribution in [2.75, 3.05) is 31.6 Å². The molecule has 2 aliphatic heterocycles. The van der Waals surface area contributed by atoms with E-state index in [4.69, 9.17) is 4.74 Å². The van der Waals surface area contributed by atoms with E-state index >= 15 is 0 Å². The SMILES string of the molecule is Cc1ccc2c(c1)N(C)CC(CC1=NCCN1)O2. The number of anilines is 1. The quantitative estimate of drug-likeness (QED) is 0.859. The van der Waals surface area contributed by atoms with Crippen molar-refractivity contribution in [2.24, 2.45) is 4.99 Å². The summed E-state index contributed by atoms with van der Waals surface area (Å²) in [5.74, 6) is 2.07. The normalized spacial score (nSPS) is 22.0. The van der Waals surface area contributed by atoms with Gasteiger partial charge in [0.15, 0.2) is 0 Å². The van der Waals surface area contributed by atoms with E-state index in [2.05, 4.69) is 47.4 Å². The third kappa shape index (κ3) is 2.15. The third-order valence-corrected chi connectivity index (χ3v) is 3.46. The van der Waals surface area contributed by atoms with Crippen molar-refractivity contribution in [3.05, 3.63) is 23.8 Å². The number of hydrogen-bond donors (Lipinski definition) is 1. The second-order valence-corrected chi connectivity index (χ2v) is 5.05. The Bertz CT molecular complexity index is 484. The number of aryl methyl sites for hydroxylation is 1. The summed E-state index contributed by atoms with van der Waals surface area (Å²) < 4.78 is 6.06. The number of nitrogens with one attached hydrogen (secondary N) is 1. The fraction of sp³-hybridized carbons (Fsp3) is 0.500. The van der Waals surface area contributed by atoms with E-state index < -0.39 is 0 Å². The standard InChI is InChI=1S/C14H19N3O/c1-10-3-4-13-12(7-10)17(2)9-11(18-13)8-14-15-5-6-16-14/h3-4,7,11H,5-6,8-9H2,1-2H3,(H,15,16). The van der Waals surface area contributed by atoms with Crippen LogP contribution in [0.3, 0.4) is 0 Å². The maximum atomic E-state index is 6.06. The fourth-order valence-electron chi connectivity index (χ4n) is 2.55. The Hall–Kier alpha value is -1.71. The highest BCUT2D eigenvalue weighted by Crippen LogP contribution is 2.33. The first kappa shape index (κ1) is 11.4.